The molecule has 1 amide bonds. The van der Waals surface area contributed by atoms with Crippen molar-refractivity contribution >= 4 is 28.7 Å². The largest absolute Gasteiger partial charge is 0.444 e. The SMILES string of the molecule is CC(C)(C)OC(=O)NCC(O)C(O)c1c(I)ccnc1F. The highest BCUT2D eigenvalue weighted by Gasteiger charge is 2.26. The molecule has 1 rings (SSSR count). The Morgan fingerprint density at radius 3 is 2.67 bits per heavy atom. The second-order valence-corrected chi connectivity index (χ2v) is 6.55. The van der Waals surface area contributed by atoms with Gasteiger partial charge in [-0.25, -0.2) is 9.78 Å². The van der Waals surface area contributed by atoms with Gasteiger partial charge in [0.2, 0.25) is 5.95 Å². The third-order valence-corrected chi connectivity index (χ3v) is 3.34. The van der Waals surface area contributed by atoms with E-state index in [0.717, 1.165) is 0 Å². The van der Waals surface area contributed by atoms with E-state index in [9.17, 15) is 19.4 Å². The number of ether oxygens (including phenoxy) is 1. The van der Waals surface area contributed by atoms with Gasteiger partial charge in [0.25, 0.3) is 0 Å². The second-order valence-electron chi connectivity index (χ2n) is 5.39. The molecule has 0 radical (unpaired) electrons. The molecule has 0 aliphatic heterocycles. The Hall–Kier alpha value is -1.00. The van der Waals surface area contributed by atoms with Crippen LogP contribution in [0.4, 0.5) is 9.18 Å². The summed E-state index contributed by atoms with van der Waals surface area (Å²) in [4.78, 5) is 14.9. The maximum absolute atomic E-state index is 13.6. The van der Waals surface area contributed by atoms with Gasteiger partial charge >= 0.3 is 6.09 Å². The molecule has 3 N–H and O–H groups in total. The van der Waals surface area contributed by atoms with Crippen molar-refractivity contribution in [1.82, 2.24) is 10.3 Å². The first-order valence-corrected chi connectivity index (χ1v) is 7.32. The normalized spacial score (nSPS) is 14.4. The summed E-state index contributed by atoms with van der Waals surface area (Å²) in [5.41, 5.74) is -0.769. The highest BCUT2D eigenvalue weighted by molar-refractivity contribution is 14.1. The van der Waals surface area contributed by atoms with Gasteiger partial charge in [-0.3, -0.25) is 0 Å². The fourth-order valence-corrected chi connectivity index (χ4v) is 2.20. The molecule has 0 aliphatic carbocycles. The number of rotatable bonds is 4. The summed E-state index contributed by atoms with van der Waals surface area (Å²) < 4.78 is 19.0. The lowest BCUT2D eigenvalue weighted by molar-refractivity contribution is 0.0105. The molecule has 21 heavy (non-hydrogen) atoms. The molecule has 2 unspecified atom stereocenters. The van der Waals surface area contributed by atoms with E-state index in [1.807, 2.05) is 22.6 Å². The second kappa shape index (κ2) is 7.32. The number of aromatic nitrogens is 1. The number of aliphatic hydroxyl groups excluding tert-OH is 2. The number of pyridine rings is 1. The molecule has 2 atom stereocenters. The summed E-state index contributed by atoms with van der Waals surface area (Å²) in [6.45, 7) is 4.82. The smallest absolute Gasteiger partial charge is 0.407 e. The number of hydrogen-bond acceptors (Lipinski definition) is 5. The number of carbonyl (C=O) groups excluding carboxylic acids is 1. The van der Waals surface area contributed by atoms with Gasteiger partial charge in [0, 0.05) is 16.3 Å². The molecule has 8 heteroatoms. The number of halogens is 2. The van der Waals surface area contributed by atoms with E-state index in [-0.39, 0.29) is 12.1 Å². The summed E-state index contributed by atoms with van der Waals surface area (Å²) in [5.74, 6) is -0.856. The Morgan fingerprint density at radius 1 is 1.52 bits per heavy atom. The van der Waals surface area contributed by atoms with Gasteiger partial charge in [-0.15, -0.1) is 0 Å². The van der Waals surface area contributed by atoms with Crippen LogP contribution in [0.5, 0.6) is 0 Å². The summed E-state index contributed by atoms with van der Waals surface area (Å²) in [6, 6.07) is 1.51. The third-order valence-electron chi connectivity index (χ3n) is 2.40. The summed E-state index contributed by atoms with van der Waals surface area (Å²) in [7, 11) is 0. The van der Waals surface area contributed by atoms with Gasteiger partial charge < -0.3 is 20.3 Å². The predicted molar refractivity (Wildman–Crippen MR) is 82.1 cm³/mol. The van der Waals surface area contributed by atoms with Gasteiger partial charge in [-0.1, -0.05) is 0 Å². The maximum atomic E-state index is 13.6. The Morgan fingerprint density at radius 2 is 2.14 bits per heavy atom. The van der Waals surface area contributed by atoms with E-state index in [4.69, 9.17) is 4.74 Å². The van der Waals surface area contributed by atoms with Gasteiger partial charge in [-0.05, 0) is 49.4 Å². The van der Waals surface area contributed by atoms with E-state index in [1.54, 1.807) is 20.8 Å². The molecule has 0 aliphatic rings. The molecule has 1 aromatic rings. The summed E-state index contributed by atoms with van der Waals surface area (Å²) in [5, 5.41) is 22.1. The van der Waals surface area contributed by atoms with Crippen LogP contribution in [0.1, 0.15) is 32.4 Å². The molecule has 0 saturated carbocycles. The Bertz CT molecular complexity index is 487. The number of alkyl carbamates (subject to hydrolysis) is 1. The molecule has 1 aromatic heterocycles. The molecule has 0 aromatic carbocycles. The van der Waals surface area contributed by atoms with Crippen molar-refractivity contribution in [1.29, 1.82) is 0 Å². The van der Waals surface area contributed by atoms with Crippen molar-refractivity contribution in [2.45, 2.75) is 38.6 Å². The van der Waals surface area contributed by atoms with Crippen molar-refractivity contribution < 1.29 is 24.1 Å². The molecule has 6 nitrogen and oxygen atoms in total. The first kappa shape index (κ1) is 18.1. The number of nitrogens with one attached hydrogen (secondary N) is 1. The van der Waals surface area contributed by atoms with E-state index in [2.05, 4.69) is 10.3 Å². The zero-order chi connectivity index (χ0) is 16.2. The van der Waals surface area contributed by atoms with Crippen LogP contribution in [0.2, 0.25) is 0 Å². The molecule has 0 bridgehead atoms. The van der Waals surface area contributed by atoms with Crippen LogP contribution in [0.25, 0.3) is 0 Å². The van der Waals surface area contributed by atoms with E-state index < -0.39 is 29.8 Å². The summed E-state index contributed by atoms with van der Waals surface area (Å²) in [6.07, 6.45) is -2.35. The number of amides is 1. The summed E-state index contributed by atoms with van der Waals surface area (Å²) >= 11 is 1.83. The lowest BCUT2D eigenvalue weighted by Crippen LogP contribution is -2.39. The quantitative estimate of drug-likeness (QED) is 0.518. The zero-order valence-electron chi connectivity index (χ0n) is 11.9. The minimum absolute atomic E-state index is 0.100. The van der Waals surface area contributed by atoms with Crippen molar-refractivity contribution in [3.8, 4) is 0 Å². The van der Waals surface area contributed by atoms with Gasteiger partial charge in [0.05, 0.1) is 5.56 Å². The van der Waals surface area contributed by atoms with E-state index in [1.165, 1.54) is 12.3 Å². The highest BCUT2D eigenvalue weighted by atomic mass is 127. The number of aliphatic hydroxyl groups is 2. The number of carbonyl (C=O) groups is 1. The molecule has 0 saturated heterocycles. The Kier molecular flexibility index (Phi) is 6.29. The minimum atomic E-state index is -1.50. The van der Waals surface area contributed by atoms with Gasteiger partial charge in [0.1, 0.15) is 17.8 Å². The van der Waals surface area contributed by atoms with Gasteiger partial charge in [0.15, 0.2) is 0 Å². The minimum Gasteiger partial charge on any atom is -0.444 e. The zero-order valence-corrected chi connectivity index (χ0v) is 14.1. The Labute approximate surface area is 135 Å². The van der Waals surface area contributed by atoms with Crippen LogP contribution in [0.3, 0.4) is 0 Å². The fourth-order valence-electron chi connectivity index (χ4n) is 1.50. The highest BCUT2D eigenvalue weighted by Crippen LogP contribution is 2.24. The van der Waals surface area contributed by atoms with E-state index >= 15 is 0 Å². The molecule has 1 heterocycles. The van der Waals surface area contributed by atoms with E-state index in [0.29, 0.717) is 3.57 Å². The van der Waals surface area contributed by atoms with Crippen molar-refractivity contribution in [3.63, 3.8) is 0 Å². The number of nitrogens with zero attached hydrogens (tertiary/aromatic N) is 1. The van der Waals surface area contributed by atoms with Gasteiger partial charge in [-0.2, -0.15) is 4.39 Å². The lowest BCUT2D eigenvalue weighted by atomic mass is 10.1. The van der Waals surface area contributed by atoms with Crippen LogP contribution in [0.15, 0.2) is 12.3 Å². The van der Waals surface area contributed by atoms with Crippen LogP contribution >= 0.6 is 22.6 Å². The van der Waals surface area contributed by atoms with Crippen molar-refractivity contribution in [3.05, 3.63) is 27.3 Å². The topological polar surface area (TPSA) is 91.7 Å². The molecule has 0 spiro atoms. The lowest BCUT2D eigenvalue weighted by Gasteiger charge is -2.22. The molecule has 0 fully saturated rings. The fraction of sp³-hybridized carbons (Fsp3) is 0.538. The predicted octanol–water partition coefficient (Wildman–Crippen LogP) is 1.74. The van der Waals surface area contributed by atoms with Crippen molar-refractivity contribution in [2.24, 2.45) is 0 Å². The molecular formula is C13H18FIN2O4. The maximum Gasteiger partial charge on any atom is 0.407 e. The monoisotopic (exact) mass is 412 g/mol. The standard InChI is InChI=1S/C13H18FIN2O4/c1-13(2,3)21-12(20)17-6-8(18)10(19)9-7(15)4-5-16-11(9)14/h4-5,8,10,18-19H,6H2,1-3H3,(H,17,20). The average molecular weight is 412 g/mol. The average Bonchev–Trinajstić information content (AvgIpc) is 2.33. The molecular weight excluding hydrogens is 394 g/mol. The first-order chi connectivity index (χ1) is 9.61. The van der Waals surface area contributed by atoms with Crippen LogP contribution < -0.4 is 5.32 Å². The number of hydrogen-bond donors (Lipinski definition) is 3. The molecule has 118 valence electrons. The third kappa shape index (κ3) is 5.71. The Balaban J connectivity index is 2.63. The van der Waals surface area contributed by atoms with Crippen LogP contribution in [-0.4, -0.2) is 39.5 Å². The van der Waals surface area contributed by atoms with Crippen LogP contribution in [0, 0.1) is 9.52 Å². The van der Waals surface area contributed by atoms with Crippen molar-refractivity contribution in [2.75, 3.05) is 6.54 Å². The van der Waals surface area contributed by atoms with Crippen LogP contribution in [-0.2, 0) is 4.74 Å². The first-order valence-electron chi connectivity index (χ1n) is 6.24.